The van der Waals surface area contributed by atoms with Crippen LogP contribution in [-0.4, -0.2) is 55.8 Å². The van der Waals surface area contributed by atoms with Crippen LogP contribution in [0.2, 0.25) is 10.0 Å². The van der Waals surface area contributed by atoms with Gasteiger partial charge in [-0.2, -0.15) is 0 Å². The van der Waals surface area contributed by atoms with Gasteiger partial charge in [0.2, 0.25) is 21.8 Å². The van der Waals surface area contributed by atoms with Gasteiger partial charge in [0.05, 0.1) is 11.9 Å². The number of amides is 2. The van der Waals surface area contributed by atoms with Gasteiger partial charge in [-0.15, -0.1) is 0 Å². The van der Waals surface area contributed by atoms with E-state index in [1.54, 1.807) is 31.2 Å². The highest BCUT2D eigenvalue weighted by atomic mass is 35.5. The summed E-state index contributed by atoms with van der Waals surface area (Å²) in [7, 11) is -3.92. The first-order valence-electron chi connectivity index (χ1n) is 11.9. The Bertz CT molecular complexity index is 1250. The number of nitrogens with one attached hydrogen (secondary N) is 1. The SMILES string of the molecule is CC[C@H](C(=O)N[C@@H](C)CC)N(Cc1ccc(Cl)cc1Cl)C(=O)CN(c1cccc(C(C)=O)c1)S(C)(=O)=O. The van der Waals surface area contributed by atoms with Crippen LogP contribution < -0.4 is 9.62 Å². The van der Waals surface area contributed by atoms with Crippen LogP contribution in [0, 0.1) is 0 Å². The Morgan fingerprint density at radius 1 is 1.03 bits per heavy atom. The van der Waals surface area contributed by atoms with Crippen molar-refractivity contribution in [3.8, 4) is 0 Å². The van der Waals surface area contributed by atoms with Crippen molar-refractivity contribution in [2.24, 2.45) is 0 Å². The second-order valence-corrected chi connectivity index (χ2v) is 11.6. The summed E-state index contributed by atoms with van der Waals surface area (Å²) in [6.45, 7) is 6.33. The van der Waals surface area contributed by atoms with Crippen molar-refractivity contribution < 1.29 is 22.8 Å². The molecule has 11 heteroatoms. The molecular formula is C26H33Cl2N3O5S. The van der Waals surface area contributed by atoms with E-state index < -0.39 is 28.5 Å². The summed E-state index contributed by atoms with van der Waals surface area (Å²) in [5, 5.41) is 3.64. The van der Waals surface area contributed by atoms with Crippen molar-refractivity contribution in [1.82, 2.24) is 10.2 Å². The first kappa shape index (κ1) is 30.6. The molecule has 2 atom stereocenters. The molecule has 2 amide bonds. The third-order valence-electron chi connectivity index (χ3n) is 5.96. The summed E-state index contributed by atoms with van der Waals surface area (Å²) in [4.78, 5) is 40.1. The molecule has 0 bridgehead atoms. The van der Waals surface area contributed by atoms with Crippen molar-refractivity contribution >= 4 is 56.5 Å². The van der Waals surface area contributed by atoms with Crippen LogP contribution in [0.4, 0.5) is 5.69 Å². The molecule has 0 aliphatic carbocycles. The largest absolute Gasteiger partial charge is 0.352 e. The van der Waals surface area contributed by atoms with E-state index in [2.05, 4.69) is 5.32 Å². The Labute approximate surface area is 229 Å². The van der Waals surface area contributed by atoms with Gasteiger partial charge in [-0.25, -0.2) is 8.42 Å². The van der Waals surface area contributed by atoms with Gasteiger partial charge in [0.15, 0.2) is 5.78 Å². The van der Waals surface area contributed by atoms with Crippen LogP contribution in [0.15, 0.2) is 42.5 Å². The number of rotatable bonds is 12. The number of benzene rings is 2. The van der Waals surface area contributed by atoms with E-state index in [1.807, 2.05) is 13.8 Å². The summed E-state index contributed by atoms with van der Waals surface area (Å²) in [5.41, 5.74) is 1.03. The maximum absolute atomic E-state index is 13.7. The number of nitrogens with zero attached hydrogens (tertiary/aromatic N) is 2. The zero-order valence-corrected chi connectivity index (χ0v) is 24.0. The molecule has 202 valence electrons. The standard InChI is InChI=1S/C26H33Cl2N3O5S/c1-6-17(3)29-26(34)24(7-2)30(15-20-11-12-21(27)14-23(20)28)25(33)16-31(37(5,35)36)22-10-8-9-19(13-22)18(4)32/h8-14,17,24H,6-7,15-16H2,1-5H3,(H,29,34)/t17-,24+/m0/s1. The number of hydrogen-bond donors (Lipinski definition) is 1. The zero-order valence-electron chi connectivity index (χ0n) is 21.6. The Morgan fingerprint density at radius 2 is 1.70 bits per heavy atom. The molecule has 0 aromatic heterocycles. The van der Waals surface area contributed by atoms with Crippen molar-refractivity contribution in [3.05, 3.63) is 63.6 Å². The number of anilines is 1. The Balaban J connectivity index is 2.51. The van der Waals surface area contributed by atoms with E-state index in [1.165, 1.54) is 30.0 Å². The van der Waals surface area contributed by atoms with Crippen molar-refractivity contribution in [3.63, 3.8) is 0 Å². The predicted molar refractivity (Wildman–Crippen MR) is 148 cm³/mol. The third kappa shape index (κ3) is 8.45. The number of carbonyl (C=O) groups is 3. The van der Waals surface area contributed by atoms with Crippen LogP contribution in [0.1, 0.15) is 56.5 Å². The Kier molecular flexibility index (Phi) is 11.0. The van der Waals surface area contributed by atoms with Crippen molar-refractivity contribution in [2.45, 2.75) is 59.2 Å². The van der Waals surface area contributed by atoms with E-state index in [0.717, 1.165) is 10.6 Å². The molecule has 2 rings (SSSR count). The lowest BCUT2D eigenvalue weighted by atomic mass is 10.1. The monoisotopic (exact) mass is 569 g/mol. The molecule has 0 aliphatic heterocycles. The fraction of sp³-hybridized carbons (Fsp3) is 0.423. The highest BCUT2D eigenvalue weighted by Gasteiger charge is 2.32. The lowest BCUT2D eigenvalue weighted by molar-refractivity contribution is -0.140. The Hall–Kier alpha value is -2.62. The fourth-order valence-corrected chi connectivity index (χ4v) is 5.00. The molecule has 0 saturated heterocycles. The van der Waals surface area contributed by atoms with E-state index in [-0.39, 0.29) is 36.4 Å². The molecule has 0 heterocycles. The summed E-state index contributed by atoms with van der Waals surface area (Å²) in [6, 6.07) is 9.88. The third-order valence-corrected chi connectivity index (χ3v) is 7.69. The van der Waals surface area contributed by atoms with Crippen LogP contribution in [-0.2, 0) is 26.2 Å². The molecule has 0 saturated carbocycles. The number of hydrogen-bond acceptors (Lipinski definition) is 5. The molecule has 2 aromatic rings. The van der Waals surface area contributed by atoms with Crippen molar-refractivity contribution in [2.75, 3.05) is 17.1 Å². The second-order valence-electron chi connectivity index (χ2n) is 8.88. The molecule has 37 heavy (non-hydrogen) atoms. The average molecular weight is 571 g/mol. The molecule has 0 radical (unpaired) electrons. The highest BCUT2D eigenvalue weighted by molar-refractivity contribution is 7.92. The second kappa shape index (κ2) is 13.3. The number of ketones is 1. The molecule has 8 nitrogen and oxygen atoms in total. The van der Waals surface area contributed by atoms with Gasteiger partial charge in [-0.1, -0.05) is 55.2 Å². The van der Waals surface area contributed by atoms with Crippen LogP contribution in [0.5, 0.6) is 0 Å². The molecular weight excluding hydrogens is 537 g/mol. The topological polar surface area (TPSA) is 104 Å². The summed E-state index contributed by atoms with van der Waals surface area (Å²) >= 11 is 12.4. The number of Topliss-reactive ketones (excluding diaryl/α,β-unsaturated/α-hetero) is 1. The van der Waals surface area contributed by atoms with Gasteiger partial charge >= 0.3 is 0 Å². The van der Waals surface area contributed by atoms with E-state index >= 15 is 0 Å². The number of carbonyl (C=O) groups excluding carboxylic acids is 3. The van der Waals surface area contributed by atoms with Gasteiger partial charge in [0.1, 0.15) is 12.6 Å². The maximum Gasteiger partial charge on any atom is 0.244 e. The summed E-state index contributed by atoms with van der Waals surface area (Å²) < 4.78 is 26.4. The molecule has 1 N–H and O–H groups in total. The van der Waals surface area contributed by atoms with E-state index in [9.17, 15) is 22.8 Å². The molecule has 0 fully saturated rings. The van der Waals surface area contributed by atoms with Gasteiger partial charge in [0, 0.05) is 28.2 Å². The summed E-state index contributed by atoms with van der Waals surface area (Å²) in [6.07, 6.45) is 1.97. The quantitative estimate of drug-likeness (QED) is 0.373. The predicted octanol–water partition coefficient (Wildman–Crippen LogP) is 4.68. The fourth-order valence-electron chi connectivity index (χ4n) is 3.69. The molecule has 2 aromatic carbocycles. The lowest BCUT2D eigenvalue weighted by Crippen LogP contribution is -2.53. The van der Waals surface area contributed by atoms with Gasteiger partial charge < -0.3 is 10.2 Å². The molecule has 0 aliphatic rings. The minimum absolute atomic E-state index is 0.0354. The van der Waals surface area contributed by atoms with Crippen LogP contribution in [0.25, 0.3) is 0 Å². The van der Waals surface area contributed by atoms with Gasteiger partial charge in [-0.3, -0.25) is 18.7 Å². The maximum atomic E-state index is 13.7. The first-order valence-corrected chi connectivity index (χ1v) is 14.5. The van der Waals surface area contributed by atoms with E-state index in [0.29, 0.717) is 27.6 Å². The highest BCUT2D eigenvalue weighted by Crippen LogP contribution is 2.25. The Morgan fingerprint density at radius 3 is 2.24 bits per heavy atom. The minimum Gasteiger partial charge on any atom is -0.352 e. The zero-order chi connectivity index (χ0) is 27.9. The molecule has 0 spiro atoms. The first-order chi connectivity index (χ1) is 17.3. The minimum atomic E-state index is -3.92. The lowest BCUT2D eigenvalue weighted by Gasteiger charge is -2.33. The number of halogens is 2. The van der Waals surface area contributed by atoms with E-state index in [4.69, 9.17) is 23.2 Å². The van der Waals surface area contributed by atoms with Gasteiger partial charge in [0.25, 0.3) is 0 Å². The van der Waals surface area contributed by atoms with Crippen LogP contribution >= 0.6 is 23.2 Å². The van der Waals surface area contributed by atoms with Crippen molar-refractivity contribution in [1.29, 1.82) is 0 Å². The summed E-state index contributed by atoms with van der Waals surface area (Å²) in [5.74, 6) is -1.19. The molecule has 0 unspecified atom stereocenters. The normalized spacial score (nSPS) is 12.9. The van der Waals surface area contributed by atoms with Gasteiger partial charge in [-0.05, 0) is 56.5 Å². The smallest absolute Gasteiger partial charge is 0.244 e. The average Bonchev–Trinajstić information content (AvgIpc) is 2.82. The van der Waals surface area contributed by atoms with Crippen LogP contribution in [0.3, 0.4) is 0 Å². The number of sulfonamides is 1.